The van der Waals surface area contributed by atoms with E-state index in [4.69, 9.17) is 0 Å². The second-order valence-corrected chi connectivity index (χ2v) is 8.74. The summed E-state index contributed by atoms with van der Waals surface area (Å²) in [5.41, 5.74) is 3.29. The Morgan fingerprint density at radius 2 is 1.38 bits per heavy atom. The van der Waals surface area contributed by atoms with Crippen molar-refractivity contribution in [3.63, 3.8) is 0 Å². The third-order valence-electron chi connectivity index (χ3n) is 5.88. The molecule has 7 nitrogen and oxygen atoms in total. The number of hydrogen-bond acceptors (Lipinski definition) is 4. The third kappa shape index (κ3) is 7.67. The molecule has 37 heavy (non-hydrogen) atoms. The average Bonchev–Trinajstić information content (AvgIpc) is 2.93. The van der Waals surface area contributed by atoms with Gasteiger partial charge in [0.05, 0.1) is 6.54 Å². The summed E-state index contributed by atoms with van der Waals surface area (Å²) in [6.07, 6.45) is 1.81. The van der Waals surface area contributed by atoms with Gasteiger partial charge < -0.3 is 20.4 Å². The van der Waals surface area contributed by atoms with Gasteiger partial charge in [0.15, 0.2) is 0 Å². The van der Waals surface area contributed by atoms with E-state index >= 15 is 0 Å². The molecule has 0 spiro atoms. The second-order valence-electron chi connectivity index (χ2n) is 8.74. The maximum absolute atomic E-state index is 13.0. The minimum Gasteiger partial charge on any atom is -0.376 e. The number of rotatable bonds is 12. The zero-order valence-electron chi connectivity index (χ0n) is 21.9. The normalized spacial score (nSPS) is 10.5. The molecule has 0 saturated carbocycles. The van der Waals surface area contributed by atoms with Crippen LogP contribution in [0.2, 0.25) is 0 Å². The minimum absolute atomic E-state index is 0.000316. The number of benzene rings is 3. The van der Waals surface area contributed by atoms with Crippen LogP contribution in [0.15, 0.2) is 78.9 Å². The molecule has 0 saturated heterocycles. The molecule has 3 amide bonds. The minimum atomic E-state index is -0.228. The number of carbonyl (C=O) groups excluding carboxylic acids is 3. The van der Waals surface area contributed by atoms with Crippen LogP contribution in [-0.4, -0.2) is 48.8 Å². The van der Waals surface area contributed by atoms with Gasteiger partial charge in [0.25, 0.3) is 11.8 Å². The molecule has 0 aromatic heterocycles. The first kappa shape index (κ1) is 27.5. The van der Waals surface area contributed by atoms with Gasteiger partial charge in [-0.15, -0.1) is 0 Å². The Bertz CT molecular complexity index is 1170. The monoisotopic (exact) mass is 500 g/mol. The molecule has 3 rings (SSSR count). The number of hydrogen-bond donors (Lipinski definition) is 2. The summed E-state index contributed by atoms with van der Waals surface area (Å²) in [4.78, 5) is 41.9. The summed E-state index contributed by atoms with van der Waals surface area (Å²) in [7, 11) is 0. The van der Waals surface area contributed by atoms with Crippen molar-refractivity contribution < 1.29 is 14.4 Å². The molecule has 3 aromatic rings. The van der Waals surface area contributed by atoms with Gasteiger partial charge >= 0.3 is 0 Å². The number of anilines is 3. The predicted molar refractivity (Wildman–Crippen MR) is 150 cm³/mol. The lowest BCUT2D eigenvalue weighted by Gasteiger charge is -2.21. The fourth-order valence-corrected chi connectivity index (χ4v) is 4.09. The molecular weight excluding hydrogens is 464 g/mol. The molecule has 0 aliphatic rings. The summed E-state index contributed by atoms with van der Waals surface area (Å²) in [6.45, 7) is 8.09. The molecule has 0 unspecified atom stereocenters. The summed E-state index contributed by atoms with van der Waals surface area (Å²) < 4.78 is 0. The fraction of sp³-hybridized carbons (Fsp3) is 0.300. The van der Waals surface area contributed by atoms with E-state index in [1.807, 2.05) is 54.3 Å². The smallest absolute Gasteiger partial charge is 0.258 e. The van der Waals surface area contributed by atoms with Crippen molar-refractivity contribution in [2.45, 2.75) is 33.6 Å². The van der Waals surface area contributed by atoms with E-state index < -0.39 is 0 Å². The van der Waals surface area contributed by atoms with E-state index in [9.17, 15) is 14.4 Å². The van der Waals surface area contributed by atoms with E-state index in [2.05, 4.69) is 24.5 Å². The Morgan fingerprint density at radius 1 is 0.703 bits per heavy atom. The van der Waals surface area contributed by atoms with Crippen LogP contribution in [0, 0.1) is 0 Å². The van der Waals surface area contributed by atoms with E-state index in [0.29, 0.717) is 29.0 Å². The van der Waals surface area contributed by atoms with Crippen molar-refractivity contribution >= 4 is 34.8 Å². The van der Waals surface area contributed by atoms with E-state index in [0.717, 1.165) is 31.6 Å². The van der Waals surface area contributed by atoms with Crippen LogP contribution in [0.3, 0.4) is 0 Å². The van der Waals surface area contributed by atoms with Crippen LogP contribution in [0.5, 0.6) is 0 Å². The zero-order valence-corrected chi connectivity index (χ0v) is 21.9. The van der Waals surface area contributed by atoms with E-state index in [1.54, 1.807) is 41.3 Å². The summed E-state index contributed by atoms with van der Waals surface area (Å²) in [5, 5.41) is 5.93. The summed E-state index contributed by atoms with van der Waals surface area (Å²) in [5.74, 6) is -0.326. The standard InChI is InChI=1S/C30H36N4O3/c1-4-19-33(20-5-2)29(36)24-11-10-12-26(21-24)31-22-28(35)32-25-17-15-23(16-18-25)30(37)34(6-3)27-13-8-7-9-14-27/h7-18,21,31H,4-6,19-20,22H2,1-3H3,(H,32,35). The van der Waals surface area contributed by atoms with Crippen molar-refractivity contribution in [3.8, 4) is 0 Å². The third-order valence-corrected chi connectivity index (χ3v) is 5.88. The lowest BCUT2D eigenvalue weighted by molar-refractivity contribution is -0.114. The molecule has 3 aromatic carbocycles. The SMILES string of the molecule is CCCN(CCC)C(=O)c1cccc(NCC(=O)Nc2ccc(C(=O)N(CC)c3ccccc3)cc2)c1. The number of nitrogens with one attached hydrogen (secondary N) is 2. The molecule has 0 fully saturated rings. The molecule has 0 aliphatic carbocycles. The quantitative estimate of drug-likeness (QED) is 0.336. The van der Waals surface area contributed by atoms with Gasteiger partial charge in [-0.25, -0.2) is 0 Å². The van der Waals surface area contributed by atoms with Gasteiger partial charge in [0.2, 0.25) is 5.91 Å². The fourth-order valence-electron chi connectivity index (χ4n) is 4.09. The van der Waals surface area contributed by atoms with Crippen molar-refractivity contribution in [2.24, 2.45) is 0 Å². The highest BCUT2D eigenvalue weighted by Gasteiger charge is 2.17. The molecule has 0 heterocycles. The number of nitrogens with zero attached hydrogens (tertiary/aromatic N) is 2. The predicted octanol–water partition coefficient (Wildman–Crippen LogP) is 5.67. The van der Waals surface area contributed by atoms with Crippen molar-refractivity contribution in [3.05, 3.63) is 90.0 Å². The zero-order chi connectivity index (χ0) is 26.6. The summed E-state index contributed by atoms with van der Waals surface area (Å²) in [6, 6.07) is 23.6. The largest absolute Gasteiger partial charge is 0.376 e. The van der Waals surface area contributed by atoms with Crippen LogP contribution in [0.4, 0.5) is 17.1 Å². The van der Waals surface area contributed by atoms with Crippen molar-refractivity contribution in [2.75, 3.05) is 41.7 Å². The Hall–Kier alpha value is -4.13. The highest BCUT2D eigenvalue weighted by atomic mass is 16.2. The number of amides is 3. The Balaban J connectivity index is 1.56. The van der Waals surface area contributed by atoms with Crippen LogP contribution < -0.4 is 15.5 Å². The molecule has 0 bridgehead atoms. The van der Waals surface area contributed by atoms with E-state index in [1.165, 1.54) is 0 Å². The van der Waals surface area contributed by atoms with Gasteiger partial charge in [0.1, 0.15) is 0 Å². The van der Waals surface area contributed by atoms with Gasteiger partial charge in [-0.1, -0.05) is 38.1 Å². The topological polar surface area (TPSA) is 81.8 Å². The van der Waals surface area contributed by atoms with Gasteiger partial charge in [-0.05, 0) is 74.4 Å². The highest BCUT2D eigenvalue weighted by Crippen LogP contribution is 2.18. The molecule has 0 aliphatic heterocycles. The lowest BCUT2D eigenvalue weighted by Crippen LogP contribution is -2.32. The van der Waals surface area contributed by atoms with Crippen LogP contribution >= 0.6 is 0 Å². The number of para-hydroxylation sites is 1. The van der Waals surface area contributed by atoms with Crippen molar-refractivity contribution in [1.29, 1.82) is 0 Å². The first-order valence-electron chi connectivity index (χ1n) is 12.9. The van der Waals surface area contributed by atoms with Gasteiger partial charge in [0, 0.05) is 47.8 Å². The number of carbonyl (C=O) groups is 3. The van der Waals surface area contributed by atoms with Crippen LogP contribution in [0.25, 0.3) is 0 Å². The average molecular weight is 501 g/mol. The highest BCUT2D eigenvalue weighted by molar-refractivity contribution is 6.06. The Kier molecular flexibility index (Phi) is 10.3. The maximum atomic E-state index is 13.0. The van der Waals surface area contributed by atoms with Gasteiger partial charge in [-0.2, -0.15) is 0 Å². The summed E-state index contributed by atoms with van der Waals surface area (Å²) >= 11 is 0. The molecule has 7 heteroatoms. The molecular formula is C30H36N4O3. The molecule has 0 atom stereocenters. The Morgan fingerprint density at radius 3 is 2.00 bits per heavy atom. The second kappa shape index (κ2) is 13.8. The Labute approximate surface area is 219 Å². The van der Waals surface area contributed by atoms with Crippen molar-refractivity contribution in [1.82, 2.24) is 4.90 Å². The van der Waals surface area contributed by atoms with Gasteiger partial charge in [-0.3, -0.25) is 14.4 Å². The van der Waals surface area contributed by atoms with Crippen LogP contribution in [0.1, 0.15) is 54.3 Å². The first-order chi connectivity index (χ1) is 18.0. The molecule has 0 radical (unpaired) electrons. The molecule has 194 valence electrons. The van der Waals surface area contributed by atoms with Crippen LogP contribution in [-0.2, 0) is 4.79 Å². The lowest BCUT2D eigenvalue weighted by atomic mass is 10.1. The van der Waals surface area contributed by atoms with E-state index in [-0.39, 0.29) is 24.3 Å². The maximum Gasteiger partial charge on any atom is 0.258 e. The molecule has 2 N–H and O–H groups in total. The first-order valence-corrected chi connectivity index (χ1v) is 12.9.